The minimum Gasteiger partial charge on any atom is -0.0617 e. The summed E-state index contributed by atoms with van der Waals surface area (Å²) in [5, 5.41) is 0. The number of rotatable bonds is 3. The fourth-order valence-electron chi connectivity index (χ4n) is 5.40. The average molecular weight is 843 g/mol. The zero-order chi connectivity index (χ0) is 35.0. The molecule has 0 bridgehead atoms. The van der Waals surface area contributed by atoms with Crippen LogP contribution in [0.15, 0.2) is 177 Å². The van der Waals surface area contributed by atoms with Gasteiger partial charge in [-0.05, 0) is 161 Å². The Morgan fingerprint density at radius 3 is 0.588 bits per heavy atom. The molecule has 0 aliphatic rings. The molecular weight excluding hydrogens is 816 g/mol. The number of hydrogen-bond acceptors (Lipinski definition) is 0. The van der Waals surface area contributed by atoms with Crippen LogP contribution in [0, 0.1) is 35.5 Å². The summed E-state index contributed by atoms with van der Waals surface area (Å²) in [7, 11) is 0. The molecule has 240 valence electrons. The van der Waals surface area contributed by atoms with E-state index in [1.54, 1.807) is 0 Å². The van der Waals surface area contributed by atoms with E-state index in [4.69, 9.17) is 0 Å². The van der Waals surface area contributed by atoms with Crippen molar-refractivity contribution >= 4 is 47.8 Å². The van der Waals surface area contributed by atoms with Crippen LogP contribution < -0.4 is 0 Å². The third-order valence-electron chi connectivity index (χ3n) is 8.17. The van der Waals surface area contributed by atoms with E-state index in [2.05, 4.69) is 174 Å². The van der Waals surface area contributed by atoms with E-state index >= 15 is 0 Å². The van der Waals surface area contributed by atoms with Gasteiger partial charge in [-0.1, -0.05) is 120 Å². The molecule has 0 aromatic heterocycles. The standard InChI is InChI=1S/C48H27Br3/c49-46-25-13-37(14-26-46)4-1-34-7-19-40(20-8-34)43-31-44(41-21-9-35(10-22-41)2-5-38-15-27-47(50)28-16-38)33-45(32-43)42-23-11-36(12-24-42)3-6-39-17-29-48(51)30-18-39/h7-33H. The van der Waals surface area contributed by atoms with Gasteiger partial charge < -0.3 is 0 Å². The van der Waals surface area contributed by atoms with E-state index in [0.717, 1.165) is 80.2 Å². The summed E-state index contributed by atoms with van der Waals surface area (Å²) >= 11 is 10.5. The minimum absolute atomic E-state index is 0.970. The van der Waals surface area contributed by atoms with Gasteiger partial charge in [-0.15, -0.1) is 0 Å². The van der Waals surface area contributed by atoms with Crippen LogP contribution in [-0.4, -0.2) is 0 Å². The number of benzene rings is 7. The van der Waals surface area contributed by atoms with E-state index < -0.39 is 0 Å². The first-order valence-electron chi connectivity index (χ1n) is 16.2. The highest BCUT2D eigenvalue weighted by Crippen LogP contribution is 2.33. The molecule has 7 aromatic carbocycles. The first kappa shape index (κ1) is 34.1. The first-order chi connectivity index (χ1) is 24.9. The maximum Gasteiger partial charge on any atom is 0.0249 e. The van der Waals surface area contributed by atoms with Gasteiger partial charge in [0.1, 0.15) is 0 Å². The maximum absolute atomic E-state index is 3.49. The van der Waals surface area contributed by atoms with Crippen LogP contribution >= 0.6 is 47.8 Å². The van der Waals surface area contributed by atoms with E-state index in [-0.39, 0.29) is 0 Å². The van der Waals surface area contributed by atoms with Crippen molar-refractivity contribution in [2.75, 3.05) is 0 Å². The molecule has 0 radical (unpaired) electrons. The highest BCUT2D eigenvalue weighted by Gasteiger charge is 2.08. The normalized spacial score (nSPS) is 10.2. The van der Waals surface area contributed by atoms with E-state index in [9.17, 15) is 0 Å². The predicted octanol–water partition coefficient (Wildman–Crippen LogP) is 13.2. The van der Waals surface area contributed by atoms with Crippen molar-refractivity contribution in [3.63, 3.8) is 0 Å². The Morgan fingerprint density at radius 2 is 0.392 bits per heavy atom. The quantitative estimate of drug-likeness (QED) is 0.156. The molecule has 0 fully saturated rings. The van der Waals surface area contributed by atoms with Crippen LogP contribution in [-0.2, 0) is 0 Å². The predicted molar refractivity (Wildman–Crippen MR) is 223 cm³/mol. The molecule has 0 atom stereocenters. The van der Waals surface area contributed by atoms with E-state index in [0.29, 0.717) is 0 Å². The monoisotopic (exact) mass is 840 g/mol. The molecule has 0 heterocycles. The molecule has 7 aromatic rings. The van der Waals surface area contributed by atoms with Crippen molar-refractivity contribution in [2.45, 2.75) is 0 Å². The van der Waals surface area contributed by atoms with Gasteiger partial charge in [0, 0.05) is 46.8 Å². The molecule has 0 spiro atoms. The van der Waals surface area contributed by atoms with Gasteiger partial charge in [0.05, 0.1) is 0 Å². The number of hydrogen-bond donors (Lipinski definition) is 0. The van der Waals surface area contributed by atoms with Gasteiger partial charge in [-0.2, -0.15) is 0 Å². The molecule has 3 heteroatoms. The first-order valence-corrected chi connectivity index (χ1v) is 18.6. The van der Waals surface area contributed by atoms with Gasteiger partial charge in [0.2, 0.25) is 0 Å². The molecule has 0 N–H and O–H groups in total. The summed E-state index contributed by atoms with van der Waals surface area (Å²) in [6, 6.07) is 56.3. The molecule has 0 saturated heterocycles. The molecule has 0 saturated carbocycles. The van der Waals surface area contributed by atoms with Crippen molar-refractivity contribution in [3.8, 4) is 68.9 Å². The Labute approximate surface area is 325 Å². The van der Waals surface area contributed by atoms with Crippen molar-refractivity contribution in [2.24, 2.45) is 0 Å². The Hall–Kier alpha value is -5.34. The van der Waals surface area contributed by atoms with Crippen molar-refractivity contribution in [3.05, 3.63) is 211 Å². The fourth-order valence-corrected chi connectivity index (χ4v) is 6.19. The van der Waals surface area contributed by atoms with Crippen LogP contribution in [0.25, 0.3) is 33.4 Å². The summed E-state index contributed by atoms with van der Waals surface area (Å²) in [6.07, 6.45) is 0. The average Bonchev–Trinajstić information content (AvgIpc) is 3.18. The minimum atomic E-state index is 0.970. The van der Waals surface area contributed by atoms with Crippen LogP contribution in [0.1, 0.15) is 33.4 Å². The maximum atomic E-state index is 3.49. The zero-order valence-corrected chi connectivity index (χ0v) is 32.0. The van der Waals surface area contributed by atoms with E-state index in [1.165, 1.54) is 0 Å². The summed E-state index contributed by atoms with van der Waals surface area (Å²) in [4.78, 5) is 0. The third kappa shape index (κ3) is 9.27. The lowest BCUT2D eigenvalue weighted by Gasteiger charge is -2.12. The summed E-state index contributed by atoms with van der Waals surface area (Å²) in [5.74, 6) is 19.7. The second kappa shape index (κ2) is 16.1. The lowest BCUT2D eigenvalue weighted by Crippen LogP contribution is -1.87. The molecule has 7 rings (SSSR count). The third-order valence-corrected chi connectivity index (χ3v) is 9.76. The van der Waals surface area contributed by atoms with Gasteiger partial charge >= 0.3 is 0 Å². The second-order valence-electron chi connectivity index (χ2n) is 11.8. The Kier molecular flexibility index (Phi) is 10.8. The largest absolute Gasteiger partial charge is 0.0617 e. The van der Waals surface area contributed by atoms with Crippen molar-refractivity contribution in [1.29, 1.82) is 0 Å². The second-order valence-corrected chi connectivity index (χ2v) is 14.5. The summed E-state index contributed by atoms with van der Waals surface area (Å²) < 4.78 is 3.13. The molecule has 0 aliphatic heterocycles. The zero-order valence-electron chi connectivity index (χ0n) is 27.2. The Morgan fingerprint density at radius 1 is 0.216 bits per heavy atom. The summed E-state index contributed by atoms with van der Waals surface area (Å²) in [6.45, 7) is 0. The lowest BCUT2D eigenvalue weighted by molar-refractivity contribution is 1.54. The molecule has 0 unspecified atom stereocenters. The molecule has 0 nitrogen and oxygen atoms in total. The molecule has 51 heavy (non-hydrogen) atoms. The van der Waals surface area contributed by atoms with Gasteiger partial charge in [0.15, 0.2) is 0 Å². The number of halogens is 3. The van der Waals surface area contributed by atoms with Crippen LogP contribution in [0.3, 0.4) is 0 Å². The van der Waals surface area contributed by atoms with Gasteiger partial charge in [0.25, 0.3) is 0 Å². The highest BCUT2D eigenvalue weighted by atomic mass is 79.9. The smallest absolute Gasteiger partial charge is 0.0249 e. The Bertz CT molecular complexity index is 2190. The lowest BCUT2D eigenvalue weighted by atomic mass is 9.92. The van der Waals surface area contributed by atoms with Gasteiger partial charge in [-0.3, -0.25) is 0 Å². The Balaban J connectivity index is 1.20. The summed E-state index contributed by atoms with van der Waals surface area (Å²) in [5.41, 5.74) is 12.6. The SMILES string of the molecule is Brc1ccc(C#Cc2ccc(-c3cc(-c4ccc(C#Cc5ccc(Br)cc5)cc4)cc(-c4ccc(C#Cc5ccc(Br)cc5)cc4)c3)cc2)cc1. The van der Waals surface area contributed by atoms with Crippen molar-refractivity contribution < 1.29 is 0 Å². The van der Waals surface area contributed by atoms with Crippen molar-refractivity contribution in [1.82, 2.24) is 0 Å². The van der Waals surface area contributed by atoms with E-state index in [1.807, 2.05) is 72.8 Å². The fraction of sp³-hybridized carbons (Fsp3) is 0. The molecule has 0 amide bonds. The van der Waals surface area contributed by atoms with Crippen LogP contribution in [0.5, 0.6) is 0 Å². The molecule has 0 aliphatic carbocycles. The van der Waals surface area contributed by atoms with Crippen LogP contribution in [0.4, 0.5) is 0 Å². The topological polar surface area (TPSA) is 0 Å². The van der Waals surface area contributed by atoms with Gasteiger partial charge in [-0.25, -0.2) is 0 Å². The molecular formula is C48H27Br3. The van der Waals surface area contributed by atoms with Crippen LogP contribution in [0.2, 0.25) is 0 Å². The highest BCUT2D eigenvalue weighted by molar-refractivity contribution is 9.11.